The van der Waals surface area contributed by atoms with Crippen molar-refractivity contribution in [1.29, 1.82) is 0 Å². The molecule has 1 aromatic carbocycles. The molecule has 1 amide bonds. The molecule has 176 valence electrons. The molecule has 0 atom stereocenters. The molecule has 1 N–H and O–H groups in total. The molecule has 34 heavy (non-hydrogen) atoms. The number of hydrogen-bond acceptors (Lipinski definition) is 9. The number of carbonyl (C=O) groups excluding carboxylic acids is 1. The predicted octanol–water partition coefficient (Wildman–Crippen LogP) is 3.37. The minimum Gasteiger partial charge on any atom is -0.497 e. The third kappa shape index (κ3) is 4.10. The van der Waals surface area contributed by atoms with Gasteiger partial charge in [0.2, 0.25) is 5.91 Å². The summed E-state index contributed by atoms with van der Waals surface area (Å²) < 4.78 is 17.9. The lowest BCUT2D eigenvalue weighted by atomic mass is 10.2. The highest BCUT2D eigenvalue weighted by Crippen LogP contribution is 2.35. The maximum absolute atomic E-state index is 13.2. The van der Waals surface area contributed by atoms with Gasteiger partial charge in [0.15, 0.2) is 16.4 Å². The number of methoxy groups -OCH3 is 2. The number of rotatable bonds is 7. The minimum absolute atomic E-state index is 0.281. The highest BCUT2D eigenvalue weighted by Gasteiger charge is 2.23. The van der Waals surface area contributed by atoms with Crippen LogP contribution in [-0.4, -0.2) is 48.0 Å². The Morgan fingerprint density at radius 2 is 2.03 bits per heavy atom. The molecule has 1 aliphatic heterocycles. The summed E-state index contributed by atoms with van der Waals surface area (Å²) in [7, 11) is 3.05. The van der Waals surface area contributed by atoms with Crippen molar-refractivity contribution in [3.8, 4) is 23.0 Å². The first-order valence-corrected chi connectivity index (χ1v) is 11.6. The lowest BCUT2D eigenvalue weighted by Crippen LogP contribution is -2.30. The van der Waals surface area contributed by atoms with E-state index in [4.69, 9.17) is 13.9 Å². The van der Waals surface area contributed by atoms with E-state index in [1.807, 2.05) is 0 Å². The third-order valence-corrected chi connectivity index (χ3v) is 6.72. The zero-order valence-electron chi connectivity index (χ0n) is 18.7. The van der Waals surface area contributed by atoms with Crippen molar-refractivity contribution in [3.05, 3.63) is 46.9 Å². The van der Waals surface area contributed by atoms with Crippen LogP contribution >= 0.6 is 11.3 Å². The van der Waals surface area contributed by atoms with Crippen molar-refractivity contribution < 1.29 is 18.7 Å². The number of carbonyl (C=O) groups is 1. The van der Waals surface area contributed by atoms with Crippen molar-refractivity contribution in [2.45, 2.75) is 19.4 Å². The zero-order chi connectivity index (χ0) is 23.7. The standard InChI is InChI=1S/C23H23N5O5S/c1-31-14-7-8-15(17(12-14)32-2)24-18(29)13-28-22(30)20-21(19(26-28)16-6-5-11-33-16)34-23(25-20)27-9-3-4-10-27/h5-8,11-12H,3-4,9-10,13H2,1-2H3,(H,24,29). The number of nitrogens with zero attached hydrogens (tertiary/aromatic N) is 4. The number of hydrogen-bond donors (Lipinski definition) is 1. The van der Waals surface area contributed by atoms with E-state index < -0.39 is 11.5 Å². The number of benzene rings is 1. The van der Waals surface area contributed by atoms with Crippen LogP contribution in [0.5, 0.6) is 11.5 Å². The van der Waals surface area contributed by atoms with Crippen molar-refractivity contribution in [2.24, 2.45) is 0 Å². The van der Waals surface area contributed by atoms with Crippen molar-refractivity contribution >= 4 is 38.3 Å². The van der Waals surface area contributed by atoms with Gasteiger partial charge in [0.25, 0.3) is 5.56 Å². The molecule has 1 fully saturated rings. The lowest BCUT2D eigenvalue weighted by Gasteiger charge is -2.12. The first kappa shape index (κ1) is 22.0. The molecule has 1 saturated heterocycles. The van der Waals surface area contributed by atoms with Gasteiger partial charge in [-0.15, -0.1) is 0 Å². The summed E-state index contributed by atoms with van der Waals surface area (Å²) in [6.07, 6.45) is 3.74. The van der Waals surface area contributed by atoms with Crippen LogP contribution in [0.1, 0.15) is 12.8 Å². The largest absolute Gasteiger partial charge is 0.497 e. The summed E-state index contributed by atoms with van der Waals surface area (Å²) in [6, 6.07) is 8.57. The molecule has 4 heterocycles. The van der Waals surface area contributed by atoms with E-state index in [1.165, 1.54) is 18.4 Å². The second-order valence-electron chi connectivity index (χ2n) is 7.77. The van der Waals surface area contributed by atoms with E-state index in [9.17, 15) is 9.59 Å². The second kappa shape index (κ2) is 9.18. The Kier molecular flexibility index (Phi) is 5.93. The summed E-state index contributed by atoms with van der Waals surface area (Å²) in [5, 5.41) is 8.04. The van der Waals surface area contributed by atoms with Crippen LogP contribution in [0.25, 0.3) is 21.7 Å². The average Bonchev–Trinajstić information content (AvgIpc) is 3.62. The van der Waals surface area contributed by atoms with E-state index in [0.717, 1.165) is 35.7 Å². The Morgan fingerprint density at radius 1 is 1.21 bits per heavy atom. The molecule has 1 aliphatic rings. The van der Waals surface area contributed by atoms with Gasteiger partial charge in [-0.1, -0.05) is 11.3 Å². The summed E-state index contributed by atoms with van der Waals surface area (Å²) in [4.78, 5) is 32.9. The Balaban J connectivity index is 1.50. The average molecular weight is 482 g/mol. The summed E-state index contributed by atoms with van der Waals surface area (Å²) in [5.74, 6) is 1.11. The quantitative estimate of drug-likeness (QED) is 0.428. The fourth-order valence-electron chi connectivity index (χ4n) is 3.90. The van der Waals surface area contributed by atoms with Gasteiger partial charge in [-0.2, -0.15) is 5.10 Å². The Labute approximate surface area is 198 Å². The van der Waals surface area contributed by atoms with E-state index in [2.05, 4.69) is 20.3 Å². The van der Waals surface area contributed by atoms with Crippen molar-refractivity contribution in [1.82, 2.24) is 14.8 Å². The number of aromatic nitrogens is 3. The SMILES string of the molecule is COc1ccc(NC(=O)Cn2nc(-c3ccco3)c3sc(N4CCCC4)nc3c2=O)c(OC)c1. The van der Waals surface area contributed by atoms with Crippen molar-refractivity contribution in [3.63, 3.8) is 0 Å². The molecule has 0 bridgehead atoms. The first-order chi connectivity index (χ1) is 16.6. The van der Waals surface area contributed by atoms with Crippen LogP contribution in [0, 0.1) is 0 Å². The number of furan rings is 1. The summed E-state index contributed by atoms with van der Waals surface area (Å²) >= 11 is 1.42. The van der Waals surface area contributed by atoms with E-state index in [1.54, 1.807) is 43.7 Å². The number of nitrogens with one attached hydrogen (secondary N) is 1. The van der Waals surface area contributed by atoms with Crippen LogP contribution in [0.2, 0.25) is 0 Å². The molecule has 5 rings (SSSR count). The Bertz CT molecular complexity index is 1390. The van der Waals surface area contributed by atoms with Gasteiger partial charge in [0.05, 0.1) is 30.9 Å². The highest BCUT2D eigenvalue weighted by atomic mass is 32.1. The highest BCUT2D eigenvalue weighted by molar-refractivity contribution is 7.22. The fraction of sp³-hybridized carbons (Fsp3) is 0.304. The van der Waals surface area contributed by atoms with Gasteiger partial charge in [-0.3, -0.25) is 9.59 Å². The van der Waals surface area contributed by atoms with E-state index in [0.29, 0.717) is 33.3 Å². The normalized spacial score (nSPS) is 13.4. The van der Waals surface area contributed by atoms with Gasteiger partial charge in [0.1, 0.15) is 23.7 Å². The lowest BCUT2D eigenvalue weighted by molar-refractivity contribution is -0.117. The molecule has 0 saturated carbocycles. The van der Waals surface area contributed by atoms with Crippen LogP contribution in [0.4, 0.5) is 10.8 Å². The smallest absolute Gasteiger partial charge is 0.294 e. The van der Waals surface area contributed by atoms with Gasteiger partial charge >= 0.3 is 0 Å². The Morgan fingerprint density at radius 3 is 2.74 bits per heavy atom. The third-order valence-electron chi connectivity index (χ3n) is 5.60. The van der Waals surface area contributed by atoms with Crippen LogP contribution < -0.4 is 25.2 Å². The number of anilines is 2. The monoisotopic (exact) mass is 481 g/mol. The van der Waals surface area contributed by atoms with Gasteiger partial charge < -0.3 is 24.1 Å². The molecule has 0 radical (unpaired) electrons. The van der Waals surface area contributed by atoms with Crippen LogP contribution in [-0.2, 0) is 11.3 Å². The number of fused-ring (bicyclic) bond motifs is 1. The minimum atomic E-state index is -0.433. The van der Waals surface area contributed by atoms with Crippen LogP contribution in [0.3, 0.4) is 0 Å². The van der Waals surface area contributed by atoms with Crippen molar-refractivity contribution in [2.75, 3.05) is 37.5 Å². The molecule has 11 heteroatoms. The fourth-order valence-corrected chi connectivity index (χ4v) is 5.00. The zero-order valence-corrected chi connectivity index (χ0v) is 19.6. The summed E-state index contributed by atoms with van der Waals surface area (Å²) in [5.41, 5.74) is 0.794. The Hall–Kier alpha value is -3.86. The van der Waals surface area contributed by atoms with Gasteiger partial charge in [-0.05, 0) is 37.1 Å². The molecule has 0 spiro atoms. The van der Waals surface area contributed by atoms with Crippen LogP contribution in [0.15, 0.2) is 45.8 Å². The molecule has 3 aromatic heterocycles. The first-order valence-electron chi connectivity index (χ1n) is 10.8. The van der Waals surface area contributed by atoms with E-state index >= 15 is 0 Å². The maximum atomic E-state index is 13.2. The van der Waals surface area contributed by atoms with Gasteiger partial charge in [0, 0.05) is 19.2 Å². The molecule has 0 unspecified atom stereocenters. The number of thiazole rings is 1. The molecule has 0 aliphatic carbocycles. The molecule has 10 nitrogen and oxygen atoms in total. The topological polar surface area (TPSA) is 112 Å². The van der Waals surface area contributed by atoms with Gasteiger partial charge in [-0.25, -0.2) is 9.67 Å². The summed E-state index contributed by atoms with van der Waals surface area (Å²) in [6.45, 7) is 1.52. The number of ether oxygens (including phenoxy) is 2. The predicted molar refractivity (Wildman–Crippen MR) is 129 cm³/mol. The number of amides is 1. The molecular formula is C23H23N5O5S. The second-order valence-corrected chi connectivity index (χ2v) is 8.75. The molecule has 4 aromatic rings. The maximum Gasteiger partial charge on any atom is 0.294 e. The molecular weight excluding hydrogens is 458 g/mol. The van der Waals surface area contributed by atoms with E-state index in [-0.39, 0.29) is 12.1 Å².